The van der Waals surface area contributed by atoms with Crippen molar-refractivity contribution in [2.24, 2.45) is 10.9 Å². The van der Waals surface area contributed by atoms with Gasteiger partial charge in [0.15, 0.2) is 5.84 Å². The lowest BCUT2D eigenvalue weighted by Crippen LogP contribution is -2.32. The number of nitrogens with two attached hydrogens (primary N) is 1. The fourth-order valence-electron chi connectivity index (χ4n) is 2.04. The summed E-state index contributed by atoms with van der Waals surface area (Å²) in [4.78, 5) is 12.8. The van der Waals surface area contributed by atoms with E-state index in [1.165, 1.54) is 0 Å². The highest BCUT2D eigenvalue weighted by Crippen LogP contribution is 2.18. The number of anilines is 1. The van der Waals surface area contributed by atoms with Crippen LogP contribution in [0.1, 0.15) is 12.1 Å². The van der Waals surface area contributed by atoms with Gasteiger partial charge in [-0.3, -0.25) is 0 Å². The van der Waals surface area contributed by atoms with Gasteiger partial charge in [0, 0.05) is 25.3 Å². The van der Waals surface area contributed by atoms with E-state index in [2.05, 4.69) is 39.0 Å². The zero-order valence-electron chi connectivity index (χ0n) is 10.6. The van der Waals surface area contributed by atoms with E-state index in [1.807, 2.05) is 0 Å². The average molecular weight is 250 g/mol. The maximum absolute atomic E-state index is 8.64. The SMILES string of the molecule is CN(C)C1CCN(c2nccc(/C(N)=N/O)n2)C1. The van der Waals surface area contributed by atoms with Gasteiger partial charge in [-0.25, -0.2) is 9.97 Å². The Morgan fingerprint density at radius 1 is 1.61 bits per heavy atom. The molecule has 1 aromatic heterocycles. The molecule has 0 spiro atoms. The first-order chi connectivity index (χ1) is 8.61. The molecule has 1 saturated heterocycles. The minimum Gasteiger partial charge on any atom is -0.409 e. The first-order valence-electron chi connectivity index (χ1n) is 5.84. The second kappa shape index (κ2) is 5.18. The third-order valence-electron chi connectivity index (χ3n) is 3.19. The summed E-state index contributed by atoms with van der Waals surface area (Å²) in [6, 6.07) is 2.14. The fourth-order valence-corrected chi connectivity index (χ4v) is 2.04. The Bertz CT molecular complexity index is 447. The molecule has 0 amide bonds. The van der Waals surface area contributed by atoms with E-state index in [0.717, 1.165) is 19.5 Å². The van der Waals surface area contributed by atoms with Crippen molar-refractivity contribution >= 4 is 11.8 Å². The van der Waals surface area contributed by atoms with Crippen LogP contribution in [-0.2, 0) is 0 Å². The Kier molecular flexibility index (Phi) is 3.61. The van der Waals surface area contributed by atoms with E-state index >= 15 is 0 Å². The first kappa shape index (κ1) is 12.6. The highest BCUT2D eigenvalue weighted by Gasteiger charge is 2.25. The van der Waals surface area contributed by atoms with E-state index in [1.54, 1.807) is 12.3 Å². The fraction of sp³-hybridized carbons (Fsp3) is 0.545. The lowest BCUT2D eigenvalue weighted by atomic mass is 10.2. The summed E-state index contributed by atoms with van der Waals surface area (Å²) >= 11 is 0. The predicted octanol–water partition coefficient (Wildman–Crippen LogP) is -0.289. The third kappa shape index (κ3) is 2.51. The molecule has 2 heterocycles. The van der Waals surface area contributed by atoms with E-state index in [9.17, 15) is 0 Å². The number of nitrogens with zero attached hydrogens (tertiary/aromatic N) is 5. The van der Waals surface area contributed by atoms with E-state index in [0.29, 0.717) is 17.7 Å². The van der Waals surface area contributed by atoms with Crippen molar-refractivity contribution in [3.05, 3.63) is 18.0 Å². The minimum atomic E-state index is 0.00186. The zero-order chi connectivity index (χ0) is 13.1. The van der Waals surface area contributed by atoms with Crippen molar-refractivity contribution in [1.29, 1.82) is 0 Å². The lowest BCUT2D eigenvalue weighted by molar-refractivity contribution is 0.315. The Morgan fingerprint density at radius 3 is 3.00 bits per heavy atom. The highest BCUT2D eigenvalue weighted by molar-refractivity contribution is 5.95. The second-order valence-electron chi connectivity index (χ2n) is 4.58. The summed E-state index contributed by atoms with van der Waals surface area (Å²) in [6.07, 6.45) is 2.71. The van der Waals surface area contributed by atoms with Gasteiger partial charge in [-0.15, -0.1) is 0 Å². The van der Waals surface area contributed by atoms with Gasteiger partial charge in [0.25, 0.3) is 0 Å². The molecule has 1 aromatic rings. The molecule has 98 valence electrons. The number of hydrogen-bond donors (Lipinski definition) is 2. The van der Waals surface area contributed by atoms with Gasteiger partial charge in [0.05, 0.1) is 0 Å². The van der Waals surface area contributed by atoms with Crippen LogP contribution in [-0.4, -0.2) is 59.1 Å². The van der Waals surface area contributed by atoms with Crippen molar-refractivity contribution in [2.75, 3.05) is 32.1 Å². The summed E-state index contributed by atoms with van der Waals surface area (Å²) in [5.74, 6) is 0.630. The van der Waals surface area contributed by atoms with Crippen LogP contribution >= 0.6 is 0 Å². The summed E-state index contributed by atoms with van der Waals surface area (Å²) in [6.45, 7) is 1.81. The Labute approximate surface area is 106 Å². The zero-order valence-corrected chi connectivity index (χ0v) is 10.6. The van der Waals surface area contributed by atoms with E-state index < -0.39 is 0 Å². The molecule has 2 rings (SSSR count). The van der Waals surface area contributed by atoms with Crippen LogP contribution in [0.15, 0.2) is 17.4 Å². The maximum atomic E-state index is 8.64. The van der Waals surface area contributed by atoms with Gasteiger partial charge in [0.1, 0.15) is 5.69 Å². The molecule has 0 saturated carbocycles. The molecule has 3 N–H and O–H groups in total. The summed E-state index contributed by atoms with van der Waals surface area (Å²) in [7, 11) is 4.14. The molecule has 1 unspecified atom stereocenters. The molecule has 0 aliphatic carbocycles. The molecule has 1 fully saturated rings. The van der Waals surface area contributed by atoms with E-state index in [-0.39, 0.29) is 5.84 Å². The molecular weight excluding hydrogens is 232 g/mol. The largest absolute Gasteiger partial charge is 0.409 e. The van der Waals surface area contributed by atoms with Crippen molar-refractivity contribution in [3.63, 3.8) is 0 Å². The van der Waals surface area contributed by atoms with Crippen LogP contribution in [0, 0.1) is 0 Å². The second-order valence-corrected chi connectivity index (χ2v) is 4.58. The summed E-state index contributed by atoms with van der Waals surface area (Å²) < 4.78 is 0. The Hall–Kier alpha value is -1.89. The van der Waals surface area contributed by atoms with E-state index in [4.69, 9.17) is 10.9 Å². The molecule has 0 bridgehead atoms. The number of likely N-dealkylation sites (N-methyl/N-ethyl adjacent to an activating group) is 1. The Morgan fingerprint density at radius 2 is 2.39 bits per heavy atom. The third-order valence-corrected chi connectivity index (χ3v) is 3.19. The molecule has 18 heavy (non-hydrogen) atoms. The maximum Gasteiger partial charge on any atom is 0.226 e. The lowest BCUT2D eigenvalue weighted by Gasteiger charge is -2.20. The molecule has 1 atom stereocenters. The topological polar surface area (TPSA) is 90.9 Å². The standard InChI is InChI=1S/C11H18N6O/c1-16(2)8-4-6-17(7-8)11-13-5-3-9(14-11)10(12)15-18/h3,5,8,18H,4,6-7H2,1-2H3,(H2,12,15). The molecule has 1 aliphatic rings. The van der Waals surface area contributed by atoms with Gasteiger partial charge < -0.3 is 20.7 Å². The van der Waals surface area contributed by atoms with Crippen molar-refractivity contribution in [3.8, 4) is 0 Å². The van der Waals surface area contributed by atoms with Crippen molar-refractivity contribution in [1.82, 2.24) is 14.9 Å². The summed E-state index contributed by atoms with van der Waals surface area (Å²) in [5.41, 5.74) is 5.96. The van der Waals surface area contributed by atoms with Crippen LogP contribution in [0.3, 0.4) is 0 Å². The van der Waals surface area contributed by atoms with Gasteiger partial charge in [0.2, 0.25) is 5.95 Å². The van der Waals surface area contributed by atoms with Gasteiger partial charge in [-0.2, -0.15) is 0 Å². The number of rotatable bonds is 3. The van der Waals surface area contributed by atoms with Crippen molar-refractivity contribution < 1.29 is 5.21 Å². The van der Waals surface area contributed by atoms with Gasteiger partial charge in [-0.05, 0) is 26.6 Å². The molecule has 1 aliphatic heterocycles. The molecule has 0 radical (unpaired) electrons. The monoisotopic (exact) mass is 250 g/mol. The van der Waals surface area contributed by atoms with Gasteiger partial charge >= 0.3 is 0 Å². The number of aromatic nitrogens is 2. The quantitative estimate of drug-likeness (QED) is 0.331. The van der Waals surface area contributed by atoms with Crippen LogP contribution < -0.4 is 10.6 Å². The number of oxime groups is 1. The van der Waals surface area contributed by atoms with Crippen LogP contribution in [0.4, 0.5) is 5.95 Å². The average Bonchev–Trinajstić information content (AvgIpc) is 2.88. The Balaban J connectivity index is 2.15. The molecule has 7 heteroatoms. The summed E-state index contributed by atoms with van der Waals surface area (Å²) in [5, 5.41) is 11.6. The molecular formula is C11H18N6O. The molecule has 7 nitrogen and oxygen atoms in total. The van der Waals surface area contributed by atoms with Crippen molar-refractivity contribution in [2.45, 2.75) is 12.5 Å². The van der Waals surface area contributed by atoms with Gasteiger partial charge in [-0.1, -0.05) is 5.16 Å². The number of hydrogen-bond acceptors (Lipinski definition) is 6. The first-order valence-corrected chi connectivity index (χ1v) is 5.84. The van der Waals surface area contributed by atoms with Crippen LogP contribution in [0.5, 0.6) is 0 Å². The normalized spacial score (nSPS) is 20.7. The minimum absolute atomic E-state index is 0.00186. The predicted molar refractivity (Wildman–Crippen MR) is 68.8 cm³/mol. The smallest absolute Gasteiger partial charge is 0.226 e. The number of amidine groups is 1. The van der Waals surface area contributed by atoms with Crippen LogP contribution in [0.25, 0.3) is 0 Å². The van der Waals surface area contributed by atoms with Crippen LogP contribution in [0.2, 0.25) is 0 Å². The molecule has 0 aromatic carbocycles. The highest BCUT2D eigenvalue weighted by atomic mass is 16.4.